The van der Waals surface area contributed by atoms with Crippen molar-refractivity contribution in [1.82, 2.24) is 25.1 Å². The number of carbonyl (C=O) groups is 1. The van der Waals surface area contributed by atoms with Crippen LogP contribution in [-0.2, 0) is 17.6 Å². The normalized spacial score (nSPS) is 16.6. The number of amides is 1. The van der Waals surface area contributed by atoms with Crippen molar-refractivity contribution in [2.24, 2.45) is 5.92 Å². The number of carbonyl (C=O) groups excluding carboxylic acids is 1. The molecule has 0 radical (unpaired) electrons. The summed E-state index contributed by atoms with van der Waals surface area (Å²) in [5.74, 6) is 1.95. The summed E-state index contributed by atoms with van der Waals surface area (Å²) in [5, 5.41) is 16.4. The second kappa shape index (κ2) is 7.57. The molecule has 7 nitrogen and oxygen atoms in total. The van der Waals surface area contributed by atoms with Gasteiger partial charge < -0.3 is 10.0 Å². The number of aromatic nitrogens is 4. The summed E-state index contributed by atoms with van der Waals surface area (Å²) in [6.07, 6.45) is 5.51. The monoisotopic (exact) mass is 363 g/mol. The molecule has 1 amide bonds. The van der Waals surface area contributed by atoms with Gasteiger partial charge in [-0.3, -0.25) is 14.9 Å². The maximum absolute atomic E-state index is 12.6. The number of aromatic amines is 1. The molecule has 1 aromatic carbocycles. The fourth-order valence-corrected chi connectivity index (χ4v) is 3.45. The van der Waals surface area contributed by atoms with Crippen LogP contribution in [0, 0.1) is 5.92 Å². The number of hydrogen-bond acceptors (Lipinski definition) is 5. The molecule has 7 heteroatoms. The van der Waals surface area contributed by atoms with Gasteiger partial charge in [-0.1, -0.05) is 12.1 Å². The molecule has 0 aliphatic carbocycles. The van der Waals surface area contributed by atoms with Crippen molar-refractivity contribution in [2.45, 2.75) is 19.3 Å². The second-order valence-electron chi connectivity index (χ2n) is 6.88. The minimum atomic E-state index is 0.0700. The third kappa shape index (κ3) is 4.13. The lowest BCUT2D eigenvalue weighted by molar-refractivity contribution is -0.129. The number of phenols is 1. The Morgan fingerprint density at radius 3 is 2.74 bits per heavy atom. The van der Waals surface area contributed by atoms with Crippen LogP contribution in [0.15, 0.2) is 48.8 Å². The first-order chi connectivity index (χ1) is 13.2. The molecule has 27 heavy (non-hydrogen) atoms. The first-order valence-electron chi connectivity index (χ1n) is 9.05. The van der Waals surface area contributed by atoms with Gasteiger partial charge in [0.05, 0.1) is 6.42 Å². The van der Waals surface area contributed by atoms with Gasteiger partial charge in [0.15, 0.2) is 5.82 Å². The van der Waals surface area contributed by atoms with Crippen LogP contribution in [0.4, 0.5) is 0 Å². The van der Waals surface area contributed by atoms with Crippen LogP contribution in [0.1, 0.15) is 17.8 Å². The molecule has 4 rings (SSSR count). The Morgan fingerprint density at radius 1 is 1.19 bits per heavy atom. The Labute approximate surface area is 157 Å². The molecular weight excluding hydrogens is 342 g/mol. The Balaban J connectivity index is 1.33. The molecule has 2 N–H and O–H groups in total. The number of pyridine rings is 1. The highest BCUT2D eigenvalue weighted by Gasteiger charge is 2.27. The fourth-order valence-electron chi connectivity index (χ4n) is 3.45. The third-order valence-corrected chi connectivity index (χ3v) is 4.89. The third-order valence-electron chi connectivity index (χ3n) is 4.89. The van der Waals surface area contributed by atoms with Gasteiger partial charge >= 0.3 is 0 Å². The van der Waals surface area contributed by atoms with E-state index in [-0.39, 0.29) is 18.1 Å². The van der Waals surface area contributed by atoms with Crippen molar-refractivity contribution in [1.29, 1.82) is 0 Å². The summed E-state index contributed by atoms with van der Waals surface area (Å²) in [4.78, 5) is 22.9. The lowest BCUT2D eigenvalue weighted by Gasteiger charge is -2.16. The van der Waals surface area contributed by atoms with Crippen molar-refractivity contribution in [3.63, 3.8) is 0 Å². The highest BCUT2D eigenvalue weighted by molar-refractivity contribution is 5.78. The molecule has 1 unspecified atom stereocenters. The van der Waals surface area contributed by atoms with E-state index in [0.29, 0.717) is 17.6 Å². The van der Waals surface area contributed by atoms with E-state index in [2.05, 4.69) is 20.2 Å². The van der Waals surface area contributed by atoms with Crippen molar-refractivity contribution in [3.05, 3.63) is 60.2 Å². The Kier molecular flexibility index (Phi) is 4.82. The molecule has 138 valence electrons. The van der Waals surface area contributed by atoms with Crippen LogP contribution >= 0.6 is 0 Å². The highest BCUT2D eigenvalue weighted by atomic mass is 16.3. The summed E-state index contributed by atoms with van der Waals surface area (Å²) in [7, 11) is 0. The van der Waals surface area contributed by atoms with Gasteiger partial charge in [0, 0.05) is 31.0 Å². The maximum Gasteiger partial charge on any atom is 0.230 e. The molecule has 1 aliphatic heterocycles. The number of benzene rings is 1. The van der Waals surface area contributed by atoms with Crippen LogP contribution in [0.2, 0.25) is 0 Å². The zero-order valence-corrected chi connectivity index (χ0v) is 14.9. The molecular formula is C20H21N5O2. The van der Waals surface area contributed by atoms with Gasteiger partial charge in [0.2, 0.25) is 5.91 Å². The number of likely N-dealkylation sites (tertiary alicyclic amines) is 1. The standard InChI is InChI=1S/C20H21N5O2/c26-17-3-1-14(2-4-17)11-15-7-10-25(13-15)19(27)12-18-22-20(24-23-18)16-5-8-21-9-6-16/h1-6,8-9,15,26H,7,10-13H2,(H,22,23,24). The average molecular weight is 363 g/mol. The molecule has 1 aliphatic rings. The van der Waals surface area contributed by atoms with Crippen molar-refractivity contribution in [3.8, 4) is 17.1 Å². The van der Waals surface area contributed by atoms with Crippen LogP contribution in [-0.4, -0.2) is 49.2 Å². The van der Waals surface area contributed by atoms with E-state index in [4.69, 9.17) is 0 Å². The summed E-state index contributed by atoms with van der Waals surface area (Å²) in [6, 6.07) is 11.0. The second-order valence-corrected chi connectivity index (χ2v) is 6.88. The number of nitrogens with one attached hydrogen (secondary N) is 1. The predicted molar refractivity (Wildman–Crippen MR) is 99.8 cm³/mol. The van der Waals surface area contributed by atoms with E-state index < -0.39 is 0 Å². The van der Waals surface area contributed by atoms with E-state index in [1.54, 1.807) is 24.5 Å². The fraction of sp³-hybridized carbons (Fsp3) is 0.300. The molecule has 2 aromatic heterocycles. The topological polar surface area (TPSA) is 95.0 Å². The summed E-state index contributed by atoms with van der Waals surface area (Å²) in [6.45, 7) is 1.53. The number of nitrogens with zero attached hydrogens (tertiary/aromatic N) is 4. The largest absolute Gasteiger partial charge is 0.508 e. The number of H-pyrrole nitrogens is 1. The Morgan fingerprint density at radius 2 is 1.96 bits per heavy atom. The SMILES string of the molecule is O=C(Cc1nc(-c2ccncc2)n[nH]1)N1CCC(Cc2ccc(O)cc2)C1. The summed E-state index contributed by atoms with van der Waals surface area (Å²) < 4.78 is 0. The summed E-state index contributed by atoms with van der Waals surface area (Å²) >= 11 is 0. The van der Waals surface area contributed by atoms with Gasteiger partial charge in [-0.25, -0.2) is 4.98 Å². The van der Waals surface area contributed by atoms with Gasteiger partial charge in [0.1, 0.15) is 11.6 Å². The minimum absolute atomic E-state index is 0.0700. The van der Waals surface area contributed by atoms with E-state index >= 15 is 0 Å². The zero-order valence-electron chi connectivity index (χ0n) is 14.9. The lowest BCUT2D eigenvalue weighted by atomic mass is 9.99. The van der Waals surface area contributed by atoms with Gasteiger partial charge in [-0.05, 0) is 48.6 Å². The van der Waals surface area contributed by atoms with Crippen molar-refractivity contribution < 1.29 is 9.90 Å². The smallest absolute Gasteiger partial charge is 0.230 e. The van der Waals surface area contributed by atoms with Crippen LogP contribution in [0.25, 0.3) is 11.4 Å². The highest BCUT2D eigenvalue weighted by Crippen LogP contribution is 2.22. The minimum Gasteiger partial charge on any atom is -0.508 e. The molecule has 3 heterocycles. The number of hydrogen-bond donors (Lipinski definition) is 2. The molecule has 1 atom stereocenters. The average Bonchev–Trinajstić information content (AvgIpc) is 3.34. The molecule has 0 spiro atoms. The quantitative estimate of drug-likeness (QED) is 0.725. The van der Waals surface area contributed by atoms with Gasteiger partial charge in [-0.2, -0.15) is 5.10 Å². The van der Waals surface area contributed by atoms with Gasteiger partial charge in [-0.15, -0.1) is 0 Å². The van der Waals surface area contributed by atoms with E-state index in [9.17, 15) is 9.90 Å². The molecule has 1 fully saturated rings. The number of phenolic OH excluding ortho intramolecular Hbond substituents is 1. The number of aromatic hydroxyl groups is 1. The predicted octanol–water partition coefficient (Wildman–Crippen LogP) is 2.21. The first kappa shape index (κ1) is 17.2. The van der Waals surface area contributed by atoms with E-state index in [1.165, 1.54) is 5.56 Å². The molecule has 1 saturated heterocycles. The van der Waals surface area contributed by atoms with Crippen molar-refractivity contribution in [2.75, 3.05) is 13.1 Å². The molecule has 0 saturated carbocycles. The van der Waals surface area contributed by atoms with E-state index in [1.807, 2.05) is 29.2 Å². The first-order valence-corrected chi connectivity index (χ1v) is 9.05. The van der Waals surface area contributed by atoms with Crippen LogP contribution in [0.5, 0.6) is 5.75 Å². The molecule has 3 aromatic rings. The number of rotatable bonds is 5. The lowest BCUT2D eigenvalue weighted by Crippen LogP contribution is -2.30. The van der Waals surface area contributed by atoms with Crippen molar-refractivity contribution >= 4 is 5.91 Å². The molecule has 0 bridgehead atoms. The van der Waals surface area contributed by atoms with Crippen LogP contribution in [0.3, 0.4) is 0 Å². The zero-order chi connectivity index (χ0) is 18.6. The van der Waals surface area contributed by atoms with Crippen LogP contribution < -0.4 is 0 Å². The van der Waals surface area contributed by atoms with Gasteiger partial charge in [0.25, 0.3) is 0 Å². The Bertz CT molecular complexity index is 908. The van der Waals surface area contributed by atoms with E-state index in [0.717, 1.165) is 31.5 Å². The summed E-state index contributed by atoms with van der Waals surface area (Å²) in [5.41, 5.74) is 2.06. The maximum atomic E-state index is 12.6. The Hall–Kier alpha value is -3.22.